The molecule has 0 amide bonds. The first kappa shape index (κ1) is 9.99. The van der Waals surface area contributed by atoms with Crippen molar-refractivity contribution < 1.29 is 13.9 Å². The van der Waals surface area contributed by atoms with Gasteiger partial charge in [-0.25, -0.2) is 0 Å². The first-order valence-corrected chi connectivity index (χ1v) is 4.34. The van der Waals surface area contributed by atoms with Crippen LogP contribution in [0.1, 0.15) is 18.4 Å². The van der Waals surface area contributed by atoms with Gasteiger partial charge in [0.15, 0.2) is 0 Å². The minimum absolute atomic E-state index is 0.235. The molecular formula is C10H14O3. The molecule has 0 spiro atoms. The summed E-state index contributed by atoms with van der Waals surface area (Å²) in [5.74, 6) is 0.235. The highest BCUT2D eigenvalue weighted by atomic mass is 16.5. The highest BCUT2D eigenvalue weighted by Gasteiger charge is 2.03. The van der Waals surface area contributed by atoms with Crippen LogP contribution in [0.5, 0.6) is 0 Å². The number of rotatable bonds is 6. The summed E-state index contributed by atoms with van der Waals surface area (Å²) in [4.78, 5) is 11.3. The van der Waals surface area contributed by atoms with Gasteiger partial charge in [0, 0.05) is 26.6 Å². The lowest BCUT2D eigenvalue weighted by Gasteiger charge is -1.97. The summed E-state index contributed by atoms with van der Waals surface area (Å²) >= 11 is 0. The Bertz CT molecular complexity index is 239. The minimum atomic E-state index is 0.235. The molecule has 0 unspecified atom stereocenters. The molecule has 1 aromatic heterocycles. The van der Waals surface area contributed by atoms with Crippen LogP contribution in [0.4, 0.5) is 0 Å². The smallest absolute Gasteiger partial charge is 0.137 e. The molecule has 13 heavy (non-hydrogen) atoms. The van der Waals surface area contributed by atoms with Crippen LogP contribution in [0.2, 0.25) is 0 Å². The SMILES string of the molecule is COCCCC(=O)Cc1ccoc1. The third kappa shape index (κ3) is 3.90. The summed E-state index contributed by atoms with van der Waals surface area (Å²) in [5.41, 5.74) is 0.947. The van der Waals surface area contributed by atoms with Crippen molar-refractivity contribution in [1.29, 1.82) is 0 Å². The Balaban J connectivity index is 2.18. The van der Waals surface area contributed by atoms with E-state index in [4.69, 9.17) is 9.15 Å². The third-order valence-electron chi connectivity index (χ3n) is 1.79. The number of Topliss-reactive ketones (excluding diaryl/α,β-unsaturated/α-hetero) is 1. The first-order valence-electron chi connectivity index (χ1n) is 4.34. The van der Waals surface area contributed by atoms with Crippen LogP contribution in [-0.2, 0) is 16.0 Å². The fraction of sp³-hybridized carbons (Fsp3) is 0.500. The van der Waals surface area contributed by atoms with E-state index >= 15 is 0 Å². The summed E-state index contributed by atoms with van der Waals surface area (Å²) in [6.45, 7) is 0.650. The van der Waals surface area contributed by atoms with E-state index in [0.717, 1.165) is 12.0 Å². The molecule has 0 saturated carbocycles. The fourth-order valence-corrected chi connectivity index (χ4v) is 1.12. The molecule has 0 radical (unpaired) electrons. The van der Waals surface area contributed by atoms with Gasteiger partial charge >= 0.3 is 0 Å². The van der Waals surface area contributed by atoms with Crippen LogP contribution in [-0.4, -0.2) is 19.5 Å². The van der Waals surface area contributed by atoms with Crippen molar-refractivity contribution in [2.45, 2.75) is 19.3 Å². The normalized spacial score (nSPS) is 10.2. The lowest BCUT2D eigenvalue weighted by Crippen LogP contribution is -2.03. The maximum Gasteiger partial charge on any atom is 0.137 e. The molecule has 0 bridgehead atoms. The number of hydrogen-bond acceptors (Lipinski definition) is 3. The number of methoxy groups -OCH3 is 1. The van der Waals surface area contributed by atoms with Crippen molar-refractivity contribution in [2.75, 3.05) is 13.7 Å². The summed E-state index contributed by atoms with van der Waals surface area (Å²) in [6.07, 6.45) is 5.04. The summed E-state index contributed by atoms with van der Waals surface area (Å²) in [5, 5.41) is 0. The Morgan fingerprint density at radius 2 is 2.46 bits per heavy atom. The molecule has 0 N–H and O–H groups in total. The number of furan rings is 1. The highest BCUT2D eigenvalue weighted by Crippen LogP contribution is 2.04. The molecular weight excluding hydrogens is 168 g/mol. The molecule has 0 fully saturated rings. The van der Waals surface area contributed by atoms with E-state index < -0.39 is 0 Å². The molecule has 3 heteroatoms. The van der Waals surface area contributed by atoms with Gasteiger partial charge in [-0.1, -0.05) is 0 Å². The van der Waals surface area contributed by atoms with E-state index in [0.29, 0.717) is 19.4 Å². The molecule has 72 valence electrons. The molecule has 3 nitrogen and oxygen atoms in total. The number of ether oxygens (including phenoxy) is 1. The Morgan fingerprint density at radius 3 is 3.08 bits per heavy atom. The Labute approximate surface area is 77.7 Å². The monoisotopic (exact) mass is 182 g/mol. The van der Waals surface area contributed by atoms with Gasteiger partial charge in [-0.05, 0) is 18.1 Å². The van der Waals surface area contributed by atoms with E-state index in [1.54, 1.807) is 19.6 Å². The van der Waals surface area contributed by atoms with Gasteiger partial charge in [0.25, 0.3) is 0 Å². The molecule has 1 rings (SSSR count). The van der Waals surface area contributed by atoms with Crippen LogP contribution in [0.15, 0.2) is 23.0 Å². The molecule has 0 aliphatic carbocycles. The second-order valence-corrected chi connectivity index (χ2v) is 2.94. The van der Waals surface area contributed by atoms with Crippen LogP contribution < -0.4 is 0 Å². The molecule has 0 atom stereocenters. The predicted octanol–water partition coefficient (Wildman–Crippen LogP) is 1.82. The topological polar surface area (TPSA) is 39.4 Å². The number of carbonyl (C=O) groups excluding carboxylic acids is 1. The summed E-state index contributed by atoms with van der Waals surface area (Å²) < 4.78 is 9.72. The number of ketones is 1. The van der Waals surface area contributed by atoms with Gasteiger partial charge in [-0.2, -0.15) is 0 Å². The zero-order valence-electron chi connectivity index (χ0n) is 7.79. The molecule has 0 aliphatic heterocycles. The average molecular weight is 182 g/mol. The minimum Gasteiger partial charge on any atom is -0.472 e. The van der Waals surface area contributed by atoms with Crippen molar-refractivity contribution >= 4 is 5.78 Å². The molecule has 1 aromatic rings. The second kappa shape index (κ2) is 5.54. The molecule has 1 heterocycles. The predicted molar refractivity (Wildman–Crippen MR) is 48.5 cm³/mol. The first-order chi connectivity index (χ1) is 6.33. The zero-order chi connectivity index (χ0) is 9.52. The zero-order valence-corrected chi connectivity index (χ0v) is 7.79. The Morgan fingerprint density at radius 1 is 1.62 bits per heavy atom. The van der Waals surface area contributed by atoms with Gasteiger partial charge < -0.3 is 9.15 Å². The number of carbonyl (C=O) groups is 1. The quantitative estimate of drug-likeness (QED) is 0.630. The van der Waals surface area contributed by atoms with Gasteiger partial charge in [-0.3, -0.25) is 4.79 Å². The molecule has 0 saturated heterocycles. The van der Waals surface area contributed by atoms with Crippen LogP contribution in [0.25, 0.3) is 0 Å². The second-order valence-electron chi connectivity index (χ2n) is 2.94. The fourth-order valence-electron chi connectivity index (χ4n) is 1.12. The van der Waals surface area contributed by atoms with E-state index in [1.807, 2.05) is 6.07 Å². The van der Waals surface area contributed by atoms with Crippen LogP contribution >= 0.6 is 0 Å². The highest BCUT2D eigenvalue weighted by molar-refractivity contribution is 5.80. The lowest BCUT2D eigenvalue weighted by molar-refractivity contribution is -0.118. The van der Waals surface area contributed by atoms with Gasteiger partial charge in [-0.15, -0.1) is 0 Å². The summed E-state index contributed by atoms with van der Waals surface area (Å²) in [7, 11) is 1.64. The Kier molecular flexibility index (Phi) is 4.26. The van der Waals surface area contributed by atoms with E-state index in [2.05, 4.69) is 0 Å². The maximum atomic E-state index is 11.3. The number of hydrogen-bond donors (Lipinski definition) is 0. The van der Waals surface area contributed by atoms with Crippen molar-refractivity contribution in [3.05, 3.63) is 24.2 Å². The van der Waals surface area contributed by atoms with Crippen molar-refractivity contribution in [3.63, 3.8) is 0 Å². The van der Waals surface area contributed by atoms with Gasteiger partial charge in [0.2, 0.25) is 0 Å². The van der Waals surface area contributed by atoms with Crippen molar-refractivity contribution in [2.24, 2.45) is 0 Å². The standard InChI is InChI=1S/C10H14O3/c1-12-5-2-3-10(11)7-9-4-6-13-8-9/h4,6,8H,2-3,5,7H2,1H3. The van der Waals surface area contributed by atoms with E-state index in [1.165, 1.54) is 0 Å². The Hall–Kier alpha value is -1.09. The van der Waals surface area contributed by atoms with Crippen LogP contribution in [0.3, 0.4) is 0 Å². The van der Waals surface area contributed by atoms with Crippen molar-refractivity contribution in [1.82, 2.24) is 0 Å². The third-order valence-corrected chi connectivity index (χ3v) is 1.79. The maximum absolute atomic E-state index is 11.3. The summed E-state index contributed by atoms with van der Waals surface area (Å²) in [6, 6.07) is 1.81. The molecule has 0 aromatic carbocycles. The average Bonchev–Trinajstić information content (AvgIpc) is 2.57. The van der Waals surface area contributed by atoms with Gasteiger partial charge in [0.1, 0.15) is 5.78 Å². The van der Waals surface area contributed by atoms with E-state index in [9.17, 15) is 4.79 Å². The van der Waals surface area contributed by atoms with Gasteiger partial charge in [0.05, 0.1) is 12.5 Å². The van der Waals surface area contributed by atoms with Crippen LogP contribution in [0, 0.1) is 0 Å². The lowest BCUT2D eigenvalue weighted by atomic mass is 10.1. The largest absolute Gasteiger partial charge is 0.472 e. The molecule has 0 aliphatic rings. The van der Waals surface area contributed by atoms with Crippen molar-refractivity contribution in [3.8, 4) is 0 Å². The van der Waals surface area contributed by atoms with E-state index in [-0.39, 0.29) is 5.78 Å².